The highest BCUT2D eigenvalue weighted by Crippen LogP contribution is 2.30. The highest BCUT2D eigenvalue weighted by Gasteiger charge is 2.17. The summed E-state index contributed by atoms with van der Waals surface area (Å²) >= 11 is 0. The first-order valence-electron chi connectivity index (χ1n) is 11.4. The van der Waals surface area contributed by atoms with Crippen LogP contribution in [-0.4, -0.2) is 49.5 Å². The van der Waals surface area contributed by atoms with Crippen LogP contribution in [0, 0.1) is 20.8 Å². The number of nitrogens with one attached hydrogen (secondary N) is 2. The lowest BCUT2D eigenvalue weighted by Crippen LogP contribution is -2.33. The van der Waals surface area contributed by atoms with Gasteiger partial charge in [-0.05, 0) is 72.1 Å². The molecule has 0 radical (unpaired) electrons. The number of rotatable bonds is 7. The molecule has 180 valence electrons. The molecule has 3 aromatic heterocycles. The van der Waals surface area contributed by atoms with Gasteiger partial charge in [0.2, 0.25) is 5.65 Å². The first-order valence-corrected chi connectivity index (χ1v) is 11.4. The molecular weight excluding hydrogens is 434 g/mol. The molecular formula is C24H31N7O3. The van der Waals surface area contributed by atoms with Crippen LogP contribution in [0.25, 0.3) is 27.8 Å². The summed E-state index contributed by atoms with van der Waals surface area (Å²) in [5.41, 5.74) is 4.76. The molecule has 0 saturated carbocycles. The Kier molecular flexibility index (Phi) is 6.41. The van der Waals surface area contributed by atoms with Crippen molar-refractivity contribution in [2.24, 2.45) is 0 Å². The highest BCUT2D eigenvalue weighted by atomic mass is 16.6. The average molecular weight is 466 g/mol. The molecule has 0 aliphatic carbocycles. The van der Waals surface area contributed by atoms with Gasteiger partial charge in [-0.15, -0.1) is 10.2 Å². The van der Waals surface area contributed by atoms with Crippen LogP contribution in [0.1, 0.15) is 50.9 Å². The monoisotopic (exact) mass is 465 g/mol. The van der Waals surface area contributed by atoms with E-state index < -0.39 is 11.7 Å². The van der Waals surface area contributed by atoms with Crippen LogP contribution >= 0.6 is 0 Å². The molecule has 3 heterocycles. The number of unbranched alkanes of at least 4 members (excludes halogenated alkanes) is 1. The van der Waals surface area contributed by atoms with Crippen molar-refractivity contribution in [1.29, 1.82) is 0 Å². The SMILES string of the molecule is Cc1noc(C)c1-c1ccc2c(c1)nc(NCCCCNC(=O)OC(C)(C)C)c1nnc(C)n12. The summed E-state index contributed by atoms with van der Waals surface area (Å²) in [6.07, 6.45) is 1.25. The zero-order valence-corrected chi connectivity index (χ0v) is 20.5. The van der Waals surface area contributed by atoms with Gasteiger partial charge in [0.25, 0.3) is 0 Å². The fraction of sp³-hybridized carbons (Fsp3) is 0.458. The third-order valence-electron chi connectivity index (χ3n) is 5.37. The van der Waals surface area contributed by atoms with E-state index in [9.17, 15) is 4.79 Å². The molecule has 4 rings (SSSR count). The smallest absolute Gasteiger partial charge is 0.407 e. The van der Waals surface area contributed by atoms with E-state index in [1.807, 2.05) is 64.1 Å². The van der Waals surface area contributed by atoms with Crippen LogP contribution in [0.5, 0.6) is 0 Å². The van der Waals surface area contributed by atoms with E-state index >= 15 is 0 Å². The van der Waals surface area contributed by atoms with Crippen LogP contribution in [0.2, 0.25) is 0 Å². The minimum Gasteiger partial charge on any atom is -0.444 e. The zero-order chi connectivity index (χ0) is 24.5. The van der Waals surface area contributed by atoms with Crippen LogP contribution < -0.4 is 10.6 Å². The third-order valence-corrected chi connectivity index (χ3v) is 5.37. The summed E-state index contributed by atoms with van der Waals surface area (Å²) in [4.78, 5) is 16.6. The number of aryl methyl sites for hydroxylation is 3. The molecule has 0 fully saturated rings. The molecule has 1 aromatic carbocycles. The predicted octanol–water partition coefficient (Wildman–Crippen LogP) is 4.57. The van der Waals surface area contributed by atoms with Gasteiger partial charge in [0.15, 0.2) is 5.82 Å². The van der Waals surface area contributed by atoms with Crippen molar-refractivity contribution in [2.45, 2.75) is 60.0 Å². The Morgan fingerprint density at radius 1 is 1.12 bits per heavy atom. The van der Waals surface area contributed by atoms with Crippen molar-refractivity contribution in [3.8, 4) is 11.1 Å². The third kappa shape index (κ3) is 4.95. The lowest BCUT2D eigenvalue weighted by molar-refractivity contribution is 0.0527. The average Bonchev–Trinajstić information content (AvgIpc) is 3.31. The maximum Gasteiger partial charge on any atom is 0.407 e. The number of alkyl carbamates (subject to hydrolysis) is 1. The lowest BCUT2D eigenvalue weighted by atomic mass is 10.0. The topological polar surface area (TPSA) is 119 Å². The zero-order valence-electron chi connectivity index (χ0n) is 20.5. The summed E-state index contributed by atoms with van der Waals surface area (Å²) < 4.78 is 12.6. The Hall–Kier alpha value is -3.69. The van der Waals surface area contributed by atoms with Gasteiger partial charge in [-0.3, -0.25) is 4.40 Å². The molecule has 4 aromatic rings. The lowest BCUT2D eigenvalue weighted by Gasteiger charge is -2.19. The molecule has 0 saturated heterocycles. The molecule has 0 unspecified atom stereocenters. The van der Waals surface area contributed by atoms with Crippen LogP contribution in [0.3, 0.4) is 0 Å². The molecule has 34 heavy (non-hydrogen) atoms. The molecule has 1 amide bonds. The van der Waals surface area contributed by atoms with E-state index in [0.29, 0.717) is 24.6 Å². The Morgan fingerprint density at radius 2 is 1.88 bits per heavy atom. The number of ether oxygens (including phenoxy) is 1. The second-order valence-electron chi connectivity index (χ2n) is 9.33. The van der Waals surface area contributed by atoms with Gasteiger partial charge in [0, 0.05) is 18.7 Å². The Morgan fingerprint density at radius 3 is 2.59 bits per heavy atom. The first kappa shape index (κ1) is 23.5. The first-order chi connectivity index (χ1) is 16.1. The molecule has 0 atom stereocenters. The number of fused-ring (bicyclic) bond motifs is 3. The van der Waals surface area contributed by atoms with Gasteiger partial charge in [0.1, 0.15) is 17.2 Å². The number of nitrogens with zero attached hydrogens (tertiary/aromatic N) is 5. The number of amides is 1. The molecule has 0 aliphatic rings. The van der Waals surface area contributed by atoms with Crippen molar-refractivity contribution in [3.63, 3.8) is 0 Å². The minimum atomic E-state index is -0.499. The van der Waals surface area contributed by atoms with Crippen molar-refractivity contribution >= 4 is 28.6 Å². The van der Waals surface area contributed by atoms with Gasteiger partial charge in [0.05, 0.1) is 16.7 Å². The molecule has 0 bridgehead atoms. The number of hydrogen-bond acceptors (Lipinski definition) is 8. The Bertz CT molecular complexity index is 1310. The van der Waals surface area contributed by atoms with Gasteiger partial charge in [-0.1, -0.05) is 11.2 Å². The second kappa shape index (κ2) is 9.28. The fourth-order valence-corrected chi connectivity index (χ4v) is 3.91. The van der Waals surface area contributed by atoms with E-state index in [4.69, 9.17) is 14.2 Å². The molecule has 10 heteroatoms. The van der Waals surface area contributed by atoms with Crippen molar-refractivity contribution in [2.75, 3.05) is 18.4 Å². The summed E-state index contributed by atoms with van der Waals surface area (Å²) in [5, 5.41) is 18.8. The summed E-state index contributed by atoms with van der Waals surface area (Å²) in [6, 6.07) is 6.11. The van der Waals surface area contributed by atoms with Gasteiger partial charge < -0.3 is 19.9 Å². The van der Waals surface area contributed by atoms with Crippen LogP contribution in [-0.2, 0) is 4.74 Å². The van der Waals surface area contributed by atoms with Gasteiger partial charge >= 0.3 is 6.09 Å². The predicted molar refractivity (Wildman–Crippen MR) is 130 cm³/mol. The van der Waals surface area contributed by atoms with Crippen molar-refractivity contribution < 1.29 is 14.1 Å². The summed E-state index contributed by atoms with van der Waals surface area (Å²) in [7, 11) is 0. The van der Waals surface area contributed by atoms with Crippen molar-refractivity contribution in [1.82, 2.24) is 30.1 Å². The molecule has 10 nitrogen and oxygen atoms in total. The van der Waals surface area contributed by atoms with Crippen molar-refractivity contribution in [3.05, 3.63) is 35.5 Å². The Labute approximate surface area is 198 Å². The molecule has 0 aliphatic heterocycles. The van der Waals surface area contributed by atoms with Gasteiger partial charge in [-0.2, -0.15) is 0 Å². The largest absolute Gasteiger partial charge is 0.444 e. The second-order valence-corrected chi connectivity index (χ2v) is 9.33. The van der Waals surface area contributed by atoms with E-state index in [-0.39, 0.29) is 0 Å². The number of hydrogen-bond donors (Lipinski definition) is 2. The van der Waals surface area contributed by atoms with E-state index in [2.05, 4.69) is 26.0 Å². The number of benzene rings is 1. The van der Waals surface area contributed by atoms with Crippen LogP contribution in [0.15, 0.2) is 22.7 Å². The van der Waals surface area contributed by atoms with E-state index in [0.717, 1.165) is 52.3 Å². The molecule has 0 spiro atoms. The normalized spacial score (nSPS) is 11.8. The van der Waals surface area contributed by atoms with E-state index in [1.54, 1.807) is 0 Å². The standard InChI is InChI=1S/C24H31N7O3/c1-14-20(15(2)34-30-14)17-9-10-19-18(13-17)27-21(22-29-28-16(3)31(19)22)25-11-7-8-12-26-23(32)33-24(4,5)6/h9-10,13H,7-8,11-12H2,1-6H3,(H,25,27)(H,26,32). The van der Waals surface area contributed by atoms with Crippen LogP contribution in [0.4, 0.5) is 10.6 Å². The Balaban J connectivity index is 1.49. The fourth-order valence-electron chi connectivity index (χ4n) is 3.91. The number of aromatic nitrogens is 5. The minimum absolute atomic E-state index is 0.397. The maximum atomic E-state index is 11.8. The maximum absolute atomic E-state index is 11.8. The quantitative estimate of drug-likeness (QED) is 0.381. The number of carbonyl (C=O) groups excluding carboxylic acids is 1. The number of carbonyl (C=O) groups is 1. The van der Waals surface area contributed by atoms with E-state index in [1.165, 1.54) is 0 Å². The van der Waals surface area contributed by atoms with Gasteiger partial charge in [-0.25, -0.2) is 9.78 Å². The highest BCUT2D eigenvalue weighted by molar-refractivity contribution is 5.87. The molecule has 2 N–H and O–H groups in total. The number of anilines is 1. The summed E-state index contributed by atoms with van der Waals surface area (Å²) in [6.45, 7) is 12.5. The summed E-state index contributed by atoms with van der Waals surface area (Å²) in [5.74, 6) is 2.23.